The van der Waals surface area contributed by atoms with E-state index in [0.717, 1.165) is 11.3 Å². The molecule has 2 heteroatoms. The van der Waals surface area contributed by atoms with E-state index in [4.69, 9.17) is 18.0 Å². The summed E-state index contributed by atoms with van der Waals surface area (Å²) >= 11 is 5.85. The predicted molar refractivity (Wildman–Crippen MR) is 77.7 cm³/mol. The summed E-state index contributed by atoms with van der Waals surface area (Å²) in [4.78, 5) is 4.46. The lowest BCUT2D eigenvalue weighted by Crippen LogP contribution is -1.95. The van der Waals surface area contributed by atoms with Crippen molar-refractivity contribution in [1.82, 2.24) is 0 Å². The van der Waals surface area contributed by atoms with E-state index in [-0.39, 0.29) is 0 Å². The summed E-state index contributed by atoms with van der Waals surface area (Å²) in [5.41, 5.74) is 3.55. The van der Waals surface area contributed by atoms with E-state index in [1.54, 1.807) is 12.1 Å². The first-order chi connectivity index (χ1) is 8.69. The molecule has 18 heavy (non-hydrogen) atoms. The highest BCUT2D eigenvalue weighted by atomic mass is 35.5. The molecule has 2 aromatic rings. The van der Waals surface area contributed by atoms with E-state index >= 15 is 0 Å². The zero-order valence-corrected chi connectivity index (χ0v) is 10.8. The number of halogens is 1. The van der Waals surface area contributed by atoms with Gasteiger partial charge in [0.25, 0.3) is 0 Å². The molecular weight excluding hydrogens is 242 g/mol. The first-order valence-electron chi connectivity index (χ1n) is 5.57. The third-order valence-electron chi connectivity index (χ3n) is 2.53. The van der Waals surface area contributed by atoms with Gasteiger partial charge in [0.15, 0.2) is 0 Å². The highest BCUT2D eigenvalue weighted by Crippen LogP contribution is 2.16. The lowest BCUT2D eigenvalue weighted by Gasteiger charge is -2.01. The molecule has 2 aromatic carbocycles. The Bertz CT molecular complexity index is 601. The summed E-state index contributed by atoms with van der Waals surface area (Å²) in [7, 11) is 0. The zero-order chi connectivity index (χ0) is 13.0. The predicted octanol–water partition coefficient (Wildman–Crippen LogP) is 4.40. The maximum Gasteiger partial charge on any atom is 0.120 e. The average Bonchev–Trinajstić information content (AvgIpc) is 2.39. The highest BCUT2D eigenvalue weighted by Gasteiger charge is 2.00. The van der Waals surface area contributed by atoms with E-state index in [1.807, 2.05) is 43.3 Å². The fourth-order valence-electron chi connectivity index (χ4n) is 1.54. The minimum Gasteiger partial charge on any atom is -0.239 e. The van der Waals surface area contributed by atoms with Crippen LogP contribution < -0.4 is 0 Å². The first kappa shape index (κ1) is 12.4. The molecule has 0 saturated carbocycles. The van der Waals surface area contributed by atoms with E-state index in [1.165, 1.54) is 5.56 Å². The van der Waals surface area contributed by atoms with Crippen molar-refractivity contribution < 1.29 is 0 Å². The van der Waals surface area contributed by atoms with Crippen LogP contribution in [0.3, 0.4) is 0 Å². The number of hydrogen-bond donors (Lipinski definition) is 0. The monoisotopic (exact) mass is 253 g/mol. The number of benzene rings is 2. The van der Waals surface area contributed by atoms with Crippen molar-refractivity contribution in [1.29, 1.82) is 0 Å². The van der Waals surface area contributed by atoms with Gasteiger partial charge in [-0.2, -0.15) is 0 Å². The number of hydrogen-bond acceptors (Lipinski definition) is 1. The van der Waals surface area contributed by atoms with Gasteiger partial charge in [0.2, 0.25) is 0 Å². The van der Waals surface area contributed by atoms with Crippen LogP contribution in [0.1, 0.15) is 11.1 Å². The smallest absolute Gasteiger partial charge is 0.120 e. The quantitative estimate of drug-likeness (QED) is 0.556. The topological polar surface area (TPSA) is 12.4 Å². The summed E-state index contributed by atoms with van der Waals surface area (Å²) in [6, 6.07) is 15.3. The van der Waals surface area contributed by atoms with Crippen molar-refractivity contribution in [3.05, 3.63) is 64.7 Å². The van der Waals surface area contributed by atoms with Crippen molar-refractivity contribution >= 4 is 23.0 Å². The number of terminal acetylenes is 1. The fourth-order valence-corrected chi connectivity index (χ4v) is 1.66. The molecule has 88 valence electrons. The molecule has 0 unspecified atom stereocenters. The van der Waals surface area contributed by atoms with Crippen LogP contribution in [0.2, 0.25) is 5.02 Å². The van der Waals surface area contributed by atoms with Crippen molar-refractivity contribution in [2.75, 3.05) is 0 Å². The Morgan fingerprint density at radius 1 is 1.06 bits per heavy atom. The van der Waals surface area contributed by atoms with E-state index in [9.17, 15) is 0 Å². The summed E-state index contributed by atoms with van der Waals surface area (Å²) in [5, 5.41) is 0.686. The van der Waals surface area contributed by atoms with Crippen molar-refractivity contribution in [3.8, 4) is 12.3 Å². The minimum atomic E-state index is 0.607. The minimum absolute atomic E-state index is 0.607. The summed E-state index contributed by atoms with van der Waals surface area (Å²) in [6.45, 7) is 2.04. The molecule has 2 rings (SSSR count). The molecule has 0 aliphatic heterocycles. The van der Waals surface area contributed by atoms with E-state index in [0.29, 0.717) is 10.7 Å². The Kier molecular flexibility index (Phi) is 3.82. The summed E-state index contributed by atoms with van der Waals surface area (Å²) < 4.78 is 0. The van der Waals surface area contributed by atoms with Gasteiger partial charge < -0.3 is 0 Å². The van der Waals surface area contributed by atoms with Crippen LogP contribution in [0.25, 0.3) is 0 Å². The van der Waals surface area contributed by atoms with Gasteiger partial charge >= 0.3 is 0 Å². The molecule has 0 N–H and O–H groups in total. The third kappa shape index (κ3) is 3.00. The molecule has 0 aliphatic carbocycles. The van der Waals surface area contributed by atoms with Crippen LogP contribution >= 0.6 is 11.6 Å². The van der Waals surface area contributed by atoms with Crippen LogP contribution in [0.15, 0.2) is 53.5 Å². The molecule has 0 saturated heterocycles. The van der Waals surface area contributed by atoms with Gasteiger partial charge in [-0.3, -0.25) is 0 Å². The second-order valence-electron chi connectivity index (χ2n) is 3.95. The molecule has 0 amide bonds. The van der Waals surface area contributed by atoms with Gasteiger partial charge in [-0.1, -0.05) is 41.4 Å². The van der Waals surface area contributed by atoms with Crippen LogP contribution in [0, 0.1) is 19.3 Å². The Morgan fingerprint density at radius 3 is 2.22 bits per heavy atom. The van der Waals surface area contributed by atoms with Gasteiger partial charge in [-0.05, 0) is 37.1 Å². The van der Waals surface area contributed by atoms with Gasteiger partial charge in [-0.15, -0.1) is 6.42 Å². The fraction of sp³-hybridized carbons (Fsp3) is 0.0625. The zero-order valence-electron chi connectivity index (χ0n) is 10.0. The summed E-state index contributed by atoms with van der Waals surface area (Å²) in [5.74, 6) is 2.61. The highest BCUT2D eigenvalue weighted by molar-refractivity contribution is 6.30. The number of aryl methyl sites for hydroxylation is 1. The van der Waals surface area contributed by atoms with Crippen LogP contribution in [0.5, 0.6) is 0 Å². The number of rotatable bonds is 2. The molecule has 0 spiro atoms. The van der Waals surface area contributed by atoms with Crippen LogP contribution in [0.4, 0.5) is 5.69 Å². The largest absolute Gasteiger partial charge is 0.239 e. The van der Waals surface area contributed by atoms with Gasteiger partial charge in [0.05, 0.1) is 5.69 Å². The van der Waals surface area contributed by atoms with E-state index < -0.39 is 0 Å². The molecule has 0 fully saturated rings. The van der Waals surface area contributed by atoms with Gasteiger partial charge in [0.1, 0.15) is 5.71 Å². The van der Waals surface area contributed by atoms with E-state index in [2.05, 4.69) is 10.9 Å². The van der Waals surface area contributed by atoms with Crippen LogP contribution in [-0.4, -0.2) is 5.71 Å². The second-order valence-corrected chi connectivity index (χ2v) is 4.38. The molecule has 1 nitrogen and oxygen atoms in total. The second kappa shape index (κ2) is 5.53. The first-order valence-corrected chi connectivity index (χ1v) is 5.95. The van der Waals surface area contributed by atoms with Gasteiger partial charge in [0, 0.05) is 10.6 Å². The molecule has 0 bridgehead atoms. The molecule has 0 atom stereocenters. The van der Waals surface area contributed by atoms with Gasteiger partial charge in [-0.25, -0.2) is 4.99 Å². The standard InChI is InChI=1S/C16H12ClN/c1-3-16(13-6-8-14(17)9-7-13)18-15-10-4-12(2)5-11-15/h1,4-11H,2H3. The molecule has 0 aromatic heterocycles. The third-order valence-corrected chi connectivity index (χ3v) is 2.78. The molecular formula is C16H12ClN. The average molecular weight is 254 g/mol. The maximum absolute atomic E-state index is 5.85. The Hall–Kier alpha value is -2.04. The lowest BCUT2D eigenvalue weighted by molar-refractivity contribution is 1.43. The Balaban J connectivity index is 2.37. The van der Waals surface area contributed by atoms with Crippen LogP contribution in [-0.2, 0) is 0 Å². The van der Waals surface area contributed by atoms with Crippen molar-refractivity contribution in [2.24, 2.45) is 4.99 Å². The van der Waals surface area contributed by atoms with Crippen molar-refractivity contribution in [2.45, 2.75) is 6.92 Å². The normalized spacial score (nSPS) is 11.1. The molecule has 0 heterocycles. The lowest BCUT2D eigenvalue weighted by atomic mass is 10.1. The summed E-state index contributed by atoms with van der Waals surface area (Å²) in [6.07, 6.45) is 5.51. The molecule has 0 radical (unpaired) electrons. The number of nitrogens with zero attached hydrogens (tertiary/aromatic N) is 1. The SMILES string of the molecule is C#CC(=Nc1ccc(C)cc1)c1ccc(Cl)cc1. The Labute approximate surface area is 112 Å². The molecule has 0 aliphatic rings. The Morgan fingerprint density at radius 2 is 1.67 bits per heavy atom. The maximum atomic E-state index is 5.85. The number of aliphatic imine (C=N–C) groups is 1. The van der Waals surface area contributed by atoms with Crippen molar-refractivity contribution in [3.63, 3.8) is 0 Å².